The summed E-state index contributed by atoms with van der Waals surface area (Å²) in [7, 11) is 0. The van der Waals surface area contributed by atoms with E-state index in [0.29, 0.717) is 0 Å². The highest BCUT2D eigenvalue weighted by atomic mass is 35.5. The van der Waals surface area contributed by atoms with E-state index in [1.54, 1.807) is 0 Å². The summed E-state index contributed by atoms with van der Waals surface area (Å²) in [6.07, 6.45) is 3.44. The molecule has 1 spiro atoms. The molecular weight excluding hydrogens is 346 g/mol. The van der Waals surface area contributed by atoms with Gasteiger partial charge in [0.1, 0.15) is 12.0 Å². The molecule has 4 heteroatoms. The van der Waals surface area contributed by atoms with Gasteiger partial charge in [-0.15, -0.1) is 0 Å². The second-order valence-electron chi connectivity index (χ2n) is 7.48. The standard InChI is InChI=1S/C22H26NO2.ClH/c24-22(25-20-12-16-23(17-13-20)14-7-15-23)21(18-8-3-1-4-9-18)19-10-5-2-6-11-19;/h1-6,8-11,20-21H,7,12-17H2;1H/q+1;/p-1. The van der Waals surface area contributed by atoms with Crippen molar-refractivity contribution in [2.24, 2.45) is 0 Å². The van der Waals surface area contributed by atoms with Crippen LogP contribution in [-0.4, -0.2) is 42.7 Å². The van der Waals surface area contributed by atoms with Gasteiger partial charge in [-0.05, 0) is 11.1 Å². The first kappa shape index (κ1) is 18.9. The van der Waals surface area contributed by atoms with Crippen molar-refractivity contribution in [3.8, 4) is 0 Å². The molecule has 2 aliphatic rings. The molecule has 2 fully saturated rings. The van der Waals surface area contributed by atoms with Crippen molar-refractivity contribution in [2.75, 3.05) is 26.2 Å². The first-order chi connectivity index (χ1) is 12.3. The molecule has 0 radical (unpaired) electrons. The molecule has 0 N–H and O–H groups in total. The summed E-state index contributed by atoms with van der Waals surface area (Å²) >= 11 is 0. The Morgan fingerprint density at radius 2 is 1.35 bits per heavy atom. The third-order valence-corrected chi connectivity index (χ3v) is 5.90. The molecule has 0 aromatic heterocycles. The molecule has 2 aromatic rings. The van der Waals surface area contributed by atoms with E-state index in [1.807, 2.05) is 60.7 Å². The predicted molar refractivity (Wildman–Crippen MR) is 98.2 cm³/mol. The summed E-state index contributed by atoms with van der Waals surface area (Å²) in [6.45, 7) is 4.97. The van der Waals surface area contributed by atoms with Crippen LogP contribution in [0.2, 0.25) is 0 Å². The van der Waals surface area contributed by atoms with Crippen LogP contribution in [-0.2, 0) is 9.53 Å². The van der Waals surface area contributed by atoms with Gasteiger partial charge < -0.3 is 21.6 Å². The van der Waals surface area contributed by atoms with Crippen LogP contribution in [0, 0.1) is 0 Å². The van der Waals surface area contributed by atoms with E-state index < -0.39 is 0 Å². The lowest BCUT2D eigenvalue weighted by Gasteiger charge is -2.49. The molecule has 0 bridgehead atoms. The minimum absolute atomic E-state index is 0. The van der Waals surface area contributed by atoms with Crippen LogP contribution in [0.25, 0.3) is 0 Å². The average Bonchev–Trinajstić information content (AvgIpc) is 2.63. The van der Waals surface area contributed by atoms with E-state index in [9.17, 15) is 4.79 Å². The minimum Gasteiger partial charge on any atom is -1.00 e. The zero-order chi connectivity index (χ0) is 17.1. The number of carbonyl (C=O) groups excluding carboxylic acids is 1. The predicted octanol–water partition coefficient (Wildman–Crippen LogP) is 0.749. The Labute approximate surface area is 162 Å². The number of carbonyl (C=O) groups is 1. The van der Waals surface area contributed by atoms with Crippen molar-refractivity contribution in [1.82, 2.24) is 0 Å². The Bertz CT molecular complexity index is 666. The number of nitrogens with zero attached hydrogens (tertiary/aromatic N) is 1. The number of halogens is 1. The van der Waals surface area contributed by atoms with Gasteiger partial charge in [-0.1, -0.05) is 60.7 Å². The molecule has 2 heterocycles. The van der Waals surface area contributed by atoms with Crippen LogP contribution in [0.15, 0.2) is 60.7 Å². The molecule has 26 heavy (non-hydrogen) atoms. The molecule has 0 aliphatic carbocycles. The highest BCUT2D eigenvalue weighted by Crippen LogP contribution is 2.31. The lowest BCUT2D eigenvalue weighted by Crippen LogP contribution is -3.00. The maximum absolute atomic E-state index is 13.0. The van der Waals surface area contributed by atoms with Crippen molar-refractivity contribution in [3.63, 3.8) is 0 Å². The van der Waals surface area contributed by atoms with Crippen molar-refractivity contribution < 1.29 is 26.4 Å². The lowest BCUT2D eigenvalue weighted by atomic mass is 9.91. The van der Waals surface area contributed by atoms with E-state index >= 15 is 0 Å². The van der Waals surface area contributed by atoms with Gasteiger partial charge in [0.05, 0.1) is 26.2 Å². The normalized spacial score (nSPS) is 18.8. The van der Waals surface area contributed by atoms with Crippen LogP contribution in [0.1, 0.15) is 36.3 Å². The first-order valence-electron chi connectivity index (χ1n) is 9.41. The molecular formula is C22H26ClNO2. The van der Waals surface area contributed by atoms with Crippen molar-refractivity contribution >= 4 is 5.97 Å². The Kier molecular flexibility index (Phi) is 6.00. The van der Waals surface area contributed by atoms with Crippen LogP contribution in [0.4, 0.5) is 0 Å². The fourth-order valence-corrected chi connectivity index (χ4v) is 4.25. The monoisotopic (exact) mass is 371 g/mol. The van der Waals surface area contributed by atoms with E-state index in [0.717, 1.165) is 24.0 Å². The molecule has 0 atom stereocenters. The van der Waals surface area contributed by atoms with Gasteiger partial charge in [-0.25, -0.2) is 0 Å². The quantitative estimate of drug-likeness (QED) is 0.585. The molecule has 2 saturated heterocycles. The van der Waals surface area contributed by atoms with Crippen LogP contribution < -0.4 is 12.4 Å². The maximum atomic E-state index is 13.0. The molecule has 0 amide bonds. The van der Waals surface area contributed by atoms with Crippen LogP contribution in [0.5, 0.6) is 0 Å². The maximum Gasteiger partial charge on any atom is 0.318 e. The smallest absolute Gasteiger partial charge is 0.318 e. The van der Waals surface area contributed by atoms with Crippen molar-refractivity contribution in [2.45, 2.75) is 31.3 Å². The highest BCUT2D eigenvalue weighted by molar-refractivity contribution is 5.82. The van der Waals surface area contributed by atoms with Crippen LogP contribution in [0.3, 0.4) is 0 Å². The zero-order valence-electron chi connectivity index (χ0n) is 15.0. The van der Waals surface area contributed by atoms with Crippen LogP contribution >= 0.6 is 0 Å². The number of piperidine rings is 1. The molecule has 138 valence electrons. The number of esters is 1. The van der Waals surface area contributed by atoms with Crippen molar-refractivity contribution in [1.29, 1.82) is 0 Å². The van der Waals surface area contributed by atoms with Gasteiger partial charge in [0.25, 0.3) is 0 Å². The summed E-state index contributed by atoms with van der Waals surface area (Å²) in [5, 5.41) is 0. The van der Waals surface area contributed by atoms with Gasteiger partial charge in [0, 0.05) is 19.3 Å². The number of hydrogen-bond donors (Lipinski definition) is 0. The Morgan fingerprint density at radius 3 is 1.77 bits per heavy atom. The summed E-state index contributed by atoms with van der Waals surface area (Å²) in [4.78, 5) is 13.0. The molecule has 3 nitrogen and oxygen atoms in total. The second-order valence-corrected chi connectivity index (χ2v) is 7.48. The van der Waals surface area contributed by atoms with E-state index in [1.165, 1.54) is 37.1 Å². The minimum atomic E-state index is -0.337. The largest absolute Gasteiger partial charge is 1.00 e. The number of ether oxygens (including phenoxy) is 1. The van der Waals surface area contributed by atoms with Gasteiger partial charge in [-0.3, -0.25) is 4.79 Å². The molecule has 0 unspecified atom stereocenters. The van der Waals surface area contributed by atoms with Gasteiger partial charge in [0.2, 0.25) is 0 Å². The highest BCUT2D eigenvalue weighted by Gasteiger charge is 2.40. The fourth-order valence-electron chi connectivity index (χ4n) is 4.25. The third-order valence-electron chi connectivity index (χ3n) is 5.90. The molecule has 4 rings (SSSR count). The average molecular weight is 372 g/mol. The molecule has 0 saturated carbocycles. The Balaban J connectivity index is 0.00000196. The summed E-state index contributed by atoms with van der Waals surface area (Å²) in [6, 6.07) is 19.9. The zero-order valence-corrected chi connectivity index (χ0v) is 15.8. The van der Waals surface area contributed by atoms with Crippen molar-refractivity contribution in [3.05, 3.63) is 71.8 Å². The number of rotatable bonds is 4. The van der Waals surface area contributed by atoms with E-state index in [-0.39, 0.29) is 30.4 Å². The van der Waals surface area contributed by atoms with Gasteiger partial charge in [-0.2, -0.15) is 0 Å². The summed E-state index contributed by atoms with van der Waals surface area (Å²) < 4.78 is 7.23. The van der Waals surface area contributed by atoms with E-state index in [4.69, 9.17) is 4.74 Å². The van der Waals surface area contributed by atoms with E-state index in [2.05, 4.69) is 0 Å². The van der Waals surface area contributed by atoms with Gasteiger partial charge >= 0.3 is 5.97 Å². The van der Waals surface area contributed by atoms with Gasteiger partial charge in [0.15, 0.2) is 0 Å². The number of quaternary nitrogens is 1. The fraction of sp³-hybridized carbons (Fsp3) is 0.409. The number of benzene rings is 2. The summed E-state index contributed by atoms with van der Waals surface area (Å²) in [5.74, 6) is -0.448. The third kappa shape index (κ3) is 3.94. The second kappa shape index (κ2) is 8.24. The molecule has 2 aliphatic heterocycles. The Hall–Kier alpha value is -1.84. The molecule has 2 aromatic carbocycles. The Morgan fingerprint density at radius 1 is 0.846 bits per heavy atom. The summed E-state index contributed by atoms with van der Waals surface area (Å²) in [5.41, 5.74) is 2.00. The lowest BCUT2D eigenvalue weighted by molar-refractivity contribution is -0.968. The first-order valence-corrected chi connectivity index (χ1v) is 9.41. The SMILES string of the molecule is O=C(OC1CC[N+]2(CCC2)CC1)C(c1ccccc1)c1ccccc1.[Cl-]. The number of hydrogen-bond acceptors (Lipinski definition) is 2. The topological polar surface area (TPSA) is 26.3 Å².